The summed E-state index contributed by atoms with van der Waals surface area (Å²) in [6, 6.07) is 1.92. The molecule has 0 fully saturated rings. The molecule has 1 atom stereocenters. The molecule has 1 unspecified atom stereocenters. The van der Waals surface area contributed by atoms with Crippen LogP contribution in [0.15, 0.2) is 11.9 Å². The van der Waals surface area contributed by atoms with Crippen LogP contribution >= 0.6 is 0 Å². The van der Waals surface area contributed by atoms with Crippen LogP contribution in [0.4, 0.5) is 4.39 Å². The van der Waals surface area contributed by atoms with Crippen molar-refractivity contribution >= 4 is 0 Å². The molecule has 0 N–H and O–H groups in total. The third-order valence-corrected chi connectivity index (χ3v) is 0.963. The first-order chi connectivity index (χ1) is 3.33. The topological polar surface area (TPSA) is 23.8 Å². The van der Waals surface area contributed by atoms with Crippen molar-refractivity contribution in [3.63, 3.8) is 0 Å². The number of nitrogens with zero attached hydrogens (tertiary/aromatic N) is 1. The van der Waals surface area contributed by atoms with Crippen molar-refractivity contribution in [2.24, 2.45) is 5.92 Å². The fourth-order valence-electron chi connectivity index (χ4n) is 0.478. The number of hydrogen-bond donors (Lipinski definition) is 0. The van der Waals surface area contributed by atoms with Gasteiger partial charge in [-0.2, -0.15) is 5.26 Å². The van der Waals surface area contributed by atoms with Crippen LogP contribution < -0.4 is 0 Å². The van der Waals surface area contributed by atoms with Crippen LogP contribution in [-0.2, 0) is 0 Å². The number of nitriles is 1. The van der Waals surface area contributed by atoms with Crippen molar-refractivity contribution in [1.29, 1.82) is 5.26 Å². The molecular weight excluding hydrogens is 93.1 g/mol. The molecular formula is C5H4FN. The van der Waals surface area contributed by atoms with Crippen molar-refractivity contribution in [1.82, 2.24) is 0 Å². The molecule has 1 aliphatic rings. The van der Waals surface area contributed by atoms with Gasteiger partial charge in [0.15, 0.2) is 0 Å². The number of rotatable bonds is 0. The summed E-state index contributed by atoms with van der Waals surface area (Å²) in [7, 11) is 0. The minimum absolute atomic E-state index is 0.139. The summed E-state index contributed by atoms with van der Waals surface area (Å²) >= 11 is 0. The molecule has 0 amide bonds. The van der Waals surface area contributed by atoms with E-state index in [4.69, 9.17) is 5.26 Å². The average molecular weight is 97.1 g/mol. The number of allylic oxidation sites excluding steroid dienone is 2. The minimum atomic E-state index is -0.147. The molecule has 0 aromatic carbocycles. The van der Waals surface area contributed by atoms with Crippen LogP contribution in [0, 0.1) is 17.2 Å². The van der Waals surface area contributed by atoms with Crippen molar-refractivity contribution in [3.8, 4) is 6.07 Å². The SMILES string of the molecule is N#CC1C=C(F)C1. The van der Waals surface area contributed by atoms with Crippen LogP contribution in [0.1, 0.15) is 6.42 Å². The Morgan fingerprint density at radius 1 is 2.00 bits per heavy atom. The molecule has 0 aromatic rings. The van der Waals surface area contributed by atoms with Crippen molar-refractivity contribution in [2.75, 3.05) is 0 Å². The second-order valence-electron chi connectivity index (χ2n) is 1.55. The summed E-state index contributed by atoms with van der Waals surface area (Å²) < 4.78 is 11.7. The van der Waals surface area contributed by atoms with E-state index in [2.05, 4.69) is 0 Å². The van der Waals surface area contributed by atoms with Crippen molar-refractivity contribution in [2.45, 2.75) is 6.42 Å². The molecule has 0 radical (unpaired) electrons. The van der Waals surface area contributed by atoms with Gasteiger partial charge in [-0.25, -0.2) is 4.39 Å². The second kappa shape index (κ2) is 1.34. The largest absolute Gasteiger partial charge is 0.212 e. The van der Waals surface area contributed by atoms with Gasteiger partial charge in [-0.1, -0.05) is 0 Å². The molecule has 0 heterocycles. The zero-order chi connectivity index (χ0) is 5.28. The van der Waals surface area contributed by atoms with Gasteiger partial charge in [0.05, 0.1) is 17.8 Å². The summed E-state index contributed by atoms with van der Waals surface area (Å²) in [5.41, 5.74) is 0. The highest BCUT2D eigenvalue weighted by Gasteiger charge is 2.16. The highest BCUT2D eigenvalue weighted by molar-refractivity contribution is 5.16. The molecule has 1 nitrogen and oxygen atoms in total. The predicted molar refractivity (Wildman–Crippen MR) is 22.9 cm³/mol. The van der Waals surface area contributed by atoms with E-state index in [1.807, 2.05) is 6.07 Å². The summed E-state index contributed by atoms with van der Waals surface area (Å²) in [5, 5.41) is 8.04. The number of halogens is 1. The Bertz CT molecular complexity index is 143. The van der Waals surface area contributed by atoms with Gasteiger partial charge in [0.2, 0.25) is 0 Å². The molecule has 0 saturated carbocycles. The fraction of sp³-hybridized carbons (Fsp3) is 0.400. The van der Waals surface area contributed by atoms with Crippen LogP contribution in [0.5, 0.6) is 0 Å². The Labute approximate surface area is 41.1 Å². The van der Waals surface area contributed by atoms with E-state index in [1.165, 1.54) is 6.08 Å². The van der Waals surface area contributed by atoms with Gasteiger partial charge in [0, 0.05) is 6.42 Å². The molecule has 36 valence electrons. The maximum Gasteiger partial charge on any atom is 0.0989 e. The van der Waals surface area contributed by atoms with Gasteiger partial charge in [0.25, 0.3) is 0 Å². The van der Waals surface area contributed by atoms with E-state index in [9.17, 15) is 4.39 Å². The predicted octanol–water partition coefficient (Wildman–Crippen LogP) is 1.38. The lowest BCUT2D eigenvalue weighted by atomic mass is 9.96. The highest BCUT2D eigenvalue weighted by atomic mass is 19.1. The third-order valence-electron chi connectivity index (χ3n) is 0.963. The smallest absolute Gasteiger partial charge is 0.0989 e. The summed E-state index contributed by atoms with van der Waals surface area (Å²) in [6.07, 6.45) is 1.66. The molecule has 1 aliphatic carbocycles. The third kappa shape index (κ3) is 0.614. The first-order valence-corrected chi connectivity index (χ1v) is 2.09. The minimum Gasteiger partial charge on any atom is -0.212 e. The first-order valence-electron chi connectivity index (χ1n) is 2.09. The van der Waals surface area contributed by atoms with Crippen LogP contribution in [-0.4, -0.2) is 0 Å². The normalized spacial score (nSPS) is 27.4. The molecule has 0 saturated heterocycles. The standard InChI is InChI=1S/C5H4FN/c6-5-1-4(2-5)3-7/h1,4H,2H2. The van der Waals surface area contributed by atoms with Crippen molar-refractivity contribution < 1.29 is 4.39 Å². The molecule has 2 heteroatoms. The van der Waals surface area contributed by atoms with Gasteiger partial charge >= 0.3 is 0 Å². The monoisotopic (exact) mass is 97.0 g/mol. The quantitative estimate of drug-likeness (QED) is 0.448. The summed E-state index contributed by atoms with van der Waals surface area (Å²) in [6.45, 7) is 0. The Hall–Kier alpha value is -0.840. The van der Waals surface area contributed by atoms with E-state index >= 15 is 0 Å². The van der Waals surface area contributed by atoms with Gasteiger partial charge in [0.1, 0.15) is 0 Å². The van der Waals surface area contributed by atoms with E-state index < -0.39 is 0 Å². The lowest BCUT2D eigenvalue weighted by Crippen LogP contribution is -2.02. The maximum absolute atomic E-state index is 11.7. The van der Waals surface area contributed by atoms with Gasteiger partial charge in [-0.05, 0) is 6.08 Å². The van der Waals surface area contributed by atoms with Gasteiger partial charge in [-0.3, -0.25) is 0 Å². The number of hydrogen-bond acceptors (Lipinski definition) is 1. The van der Waals surface area contributed by atoms with Crippen molar-refractivity contribution in [3.05, 3.63) is 11.9 Å². The fourth-order valence-corrected chi connectivity index (χ4v) is 0.478. The second-order valence-corrected chi connectivity index (χ2v) is 1.55. The molecule has 0 bridgehead atoms. The zero-order valence-corrected chi connectivity index (χ0v) is 3.69. The van der Waals surface area contributed by atoms with E-state index in [-0.39, 0.29) is 11.7 Å². The Kier molecular flexibility index (Phi) is 0.828. The average Bonchev–Trinajstić information content (AvgIpc) is 1.58. The van der Waals surface area contributed by atoms with E-state index in [1.54, 1.807) is 0 Å². The lowest BCUT2D eigenvalue weighted by molar-refractivity contribution is 0.503. The van der Waals surface area contributed by atoms with Gasteiger partial charge in [-0.15, -0.1) is 0 Å². The Balaban J connectivity index is 2.50. The maximum atomic E-state index is 11.7. The van der Waals surface area contributed by atoms with E-state index in [0.29, 0.717) is 6.42 Å². The van der Waals surface area contributed by atoms with Crippen LogP contribution in [0.2, 0.25) is 0 Å². The molecule has 0 aromatic heterocycles. The van der Waals surface area contributed by atoms with E-state index in [0.717, 1.165) is 0 Å². The molecule has 0 aliphatic heterocycles. The highest BCUT2D eigenvalue weighted by Crippen LogP contribution is 2.24. The Morgan fingerprint density at radius 2 is 2.57 bits per heavy atom. The van der Waals surface area contributed by atoms with Crippen LogP contribution in [0.3, 0.4) is 0 Å². The first kappa shape index (κ1) is 4.32. The van der Waals surface area contributed by atoms with Gasteiger partial charge < -0.3 is 0 Å². The molecule has 1 rings (SSSR count). The summed E-state index contributed by atoms with van der Waals surface area (Å²) in [5.74, 6) is -0.286. The molecule has 0 spiro atoms. The zero-order valence-electron chi connectivity index (χ0n) is 3.69. The molecule has 7 heavy (non-hydrogen) atoms. The lowest BCUT2D eigenvalue weighted by Gasteiger charge is -2.09. The van der Waals surface area contributed by atoms with Crippen LogP contribution in [0.25, 0.3) is 0 Å². The Morgan fingerprint density at radius 3 is 2.71 bits per heavy atom. The summed E-state index contributed by atoms with van der Waals surface area (Å²) in [4.78, 5) is 0.